The molecule has 0 aliphatic rings. The fourth-order valence-corrected chi connectivity index (χ4v) is 1.44. The summed E-state index contributed by atoms with van der Waals surface area (Å²) >= 11 is 0. The lowest BCUT2D eigenvalue weighted by Gasteiger charge is -2.03. The molecule has 0 spiro atoms. The molecule has 0 amide bonds. The second-order valence-electron chi connectivity index (χ2n) is 3.44. The van der Waals surface area contributed by atoms with E-state index in [2.05, 4.69) is 9.94 Å². The van der Waals surface area contributed by atoms with E-state index in [0.29, 0.717) is 6.61 Å². The Morgan fingerprint density at radius 1 is 1.47 bits per heavy atom. The van der Waals surface area contributed by atoms with Crippen LogP contribution in [0.1, 0.15) is 11.1 Å². The van der Waals surface area contributed by atoms with Gasteiger partial charge >= 0.3 is 0 Å². The van der Waals surface area contributed by atoms with E-state index in [1.807, 2.05) is 48.3 Å². The second kappa shape index (κ2) is 4.25. The van der Waals surface area contributed by atoms with Crippen LogP contribution in [0.3, 0.4) is 0 Å². The maximum Gasteiger partial charge on any atom is 0.0930 e. The molecule has 0 saturated carbocycles. The Balaban J connectivity index is 2.32. The fraction of sp³-hybridized carbons (Fsp3) is 0.182. The molecule has 0 radical (unpaired) electrons. The van der Waals surface area contributed by atoms with Gasteiger partial charge in [-0.05, 0) is 30.2 Å². The molecule has 15 heavy (non-hydrogen) atoms. The Hall–Kier alpha value is -1.65. The van der Waals surface area contributed by atoms with Crippen molar-refractivity contribution in [3.63, 3.8) is 0 Å². The Labute approximate surface area is 88.2 Å². The smallest absolute Gasteiger partial charge is 0.0930 e. The minimum atomic E-state index is 0.411. The van der Waals surface area contributed by atoms with E-state index in [1.54, 1.807) is 0 Å². The van der Waals surface area contributed by atoms with Crippen molar-refractivity contribution in [3.8, 4) is 5.69 Å². The average molecular weight is 203 g/mol. The van der Waals surface area contributed by atoms with Gasteiger partial charge in [0.25, 0.3) is 0 Å². The highest BCUT2D eigenvalue weighted by Gasteiger charge is 1.99. The van der Waals surface area contributed by atoms with Gasteiger partial charge in [0.1, 0.15) is 0 Å². The number of nitrogens with two attached hydrogens (primary N) is 1. The maximum absolute atomic E-state index is 5.03. The summed E-state index contributed by atoms with van der Waals surface area (Å²) in [5, 5.41) is 4.23. The molecule has 1 aromatic carbocycles. The van der Waals surface area contributed by atoms with Gasteiger partial charge in [0.15, 0.2) is 0 Å². The molecule has 0 fully saturated rings. The predicted molar refractivity (Wildman–Crippen MR) is 57.3 cm³/mol. The van der Waals surface area contributed by atoms with Crippen LogP contribution in [0.2, 0.25) is 0 Å². The minimum Gasteiger partial charge on any atom is -0.300 e. The summed E-state index contributed by atoms with van der Waals surface area (Å²) in [5.41, 5.74) is 3.18. The highest BCUT2D eigenvalue weighted by atomic mass is 16.6. The number of aromatic nitrogens is 2. The summed E-state index contributed by atoms with van der Waals surface area (Å²) < 4.78 is 1.83. The summed E-state index contributed by atoms with van der Waals surface area (Å²) in [7, 11) is 0. The second-order valence-corrected chi connectivity index (χ2v) is 3.44. The van der Waals surface area contributed by atoms with Gasteiger partial charge in [0.05, 0.1) is 18.5 Å². The van der Waals surface area contributed by atoms with Crippen molar-refractivity contribution in [3.05, 3.63) is 47.8 Å². The van der Waals surface area contributed by atoms with E-state index in [0.717, 1.165) is 16.8 Å². The Morgan fingerprint density at radius 2 is 2.33 bits per heavy atom. The number of nitrogens with zero attached hydrogens (tertiary/aromatic N) is 2. The van der Waals surface area contributed by atoms with Crippen LogP contribution in [0.25, 0.3) is 5.69 Å². The number of rotatable bonds is 3. The largest absolute Gasteiger partial charge is 0.300 e. The predicted octanol–water partition coefficient (Wildman–Crippen LogP) is 1.57. The van der Waals surface area contributed by atoms with Crippen molar-refractivity contribution < 1.29 is 4.84 Å². The first kappa shape index (κ1) is 9.89. The first-order valence-corrected chi connectivity index (χ1v) is 4.72. The van der Waals surface area contributed by atoms with Crippen LogP contribution in [0.15, 0.2) is 36.7 Å². The summed E-state index contributed by atoms with van der Waals surface area (Å²) in [4.78, 5) is 4.59. The SMILES string of the molecule is Cc1cnn(-c2cccc(CON)c2)c1. The standard InChI is InChI=1S/C11H13N3O/c1-9-6-13-14(7-9)11-4-2-3-10(5-11)8-15-12/h2-7H,8,12H2,1H3. The highest BCUT2D eigenvalue weighted by molar-refractivity contribution is 5.35. The third-order valence-corrected chi connectivity index (χ3v) is 2.14. The highest BCUT2D eigenvalue weighted by Crippen LogP contribution is 2.11. The lowest BCUT2D eigenvalue weighted by molar-refractivity contribution is 0.124. The maximum atomic E-state index is 5.03. The van der Waals surface area contributed by atoms with E-state index in [9.17, 15) is 0 Å². The Kier molecular flexibility index (Phi) is 2.80. The molecule has 0 aliphatic heterocycles. The first-order chi connectivity index (χ1) is 7.29. The molecule has 4 heteroatoms. The van der Waals surface area contributed by atoms with E-state index < -0.39 is 0 Å². The number of benzene rings is 1. The molecule has 0 saturated heterocycles. The molecular formula is C11H13N3O. The van der Waals surface area contributed by atoms with E-state index >= 15 is 0 Å². The van der Waals surface area contributed by atoms with E-state index in [-0.39, 0.29) is 0 Å². The van der Waals surface area contributed by atoms with Gasteiger partial charge in [-0.2, -0.15) is 5.10 Å². The van der Waals surface area contributed by atoms with E-state index in [1.165, 1.54) is 0 Å². The Morgan fingerprint density at radius 3 is 3.00 bits per heavy atom. The molecule has 78 valence electrons. The van der Waals surface area contributed by atoms with Crippen molar-refractivity contribution >= 4 is 0 Å². The van der Waals surface area contributed by atoms with Gasteiger partial charge in [-0.25, -0.2) is 10.6 Å². The molecule has 0 unspecified atom stereocenters. The zero-order chi connectivity index (χ0) is 10.7. The lowest BCUT2D eigenvalue weighted by Crippen LogP contribution is -2.00. The summed E-state index contributed by atoms with van der Waals surface area (Å²) in [6, 6.07) is 7.92. The molecule has 0 aliphatic carbocycles. The third-order valence-electron chi connectivity index (χ3n) is 2.14. The molecule has 0 bridgehead atoms. The van der Waals surface area contributed by atoms with Gasteiger partial charge in [-0.15, -0.1) is 0 Å². The Bertz CT molecular complexity index is 451. The lowest BCUT2D eigenvalue weighted by atomic mass is 10.2. The summed E-state index contributed by atoms with van der Waals surface area (Å²) in [6.07, 6.45) is 3.80. The number of aryl methyl sites for hydroxylation is 1. The summed E-state index contributed by atoms with van der Waals surface area (Å²) in [5.74, 6) is 5.03. The zero-order valence-electron chi connectivity index (χ0n) is 8.55. The molecule has 0 atom stereocenters. The molecule has 1 aromatic heterocycles. The normalized spacial score (nSPS) is 10.5. The van der Waals surface area contributed by atoms with Crippen LogP contribution in [0, 0.1) is 6.92 Å². The summed E-state index contributed by atoms with van der Waals surface area (Å²) in [6.45, 7) is 2.42. The molecule has 2 N–H and O–H groups in total. The van der Waals surface area contributed by atoms with Crippen molar-refractivity contribution in [1.29, 1.82) is 0 Å². The van der Waals surface area contributed by atoms with Crippen molar-refractivity contribution in [1.82, 2.24) is 9.78 Å². The van der Waals surface area contributed by atoms with Gasteiger partial charge in [-0.1, -0.05) is 12.1 Å². The van der Waals surface area contributed by atoms with Crippen molar-refractivity contribution in [2.24, 2.45) is 5.90 Å². The molecule has 2 rings (SSSR count). The third kappa shape index (κ3) is 2.23. The van der Waals surface area contributed by atoms with Crippen molar-refractivity contribution in [2.75, 3.05) is 0 Å². The van der Waals surface area contributed by atoms with Crippen molar-refractivity contribution in [2.45, 2.75) is 13.5 Å². The van der Waals surface area contributed by atoms with Crippen LogP contribution >= 0.6 is 0 Å². The van der Waals surface area contributed by atoms with Crippen LogP contribution in [-0.4, -0.2) is 9.78 Å². The van der Waals surface area contributed by atoms with Crippen LogP contribution in [-0.2, 0) is 11.4 Å². The van der Waals surface area contributed by atoms with E-state index in [4.69, 9.17) is 5.90 Å². The van der Waals surface area contributed by atoms with Crippen LogP contribution in [0.4, 0.5) is 0 Å². The first-order valence-electron chi connectivity index (χ1n) is 4.72. The van der Waals surface area contributed by atoms with Gasteiger partial charge in [0, 0.05) is 6.20 Å². The topological polar surface area (TPSA) is 53.1 Å². The number of hydrogen-bond donors (Lipinski definition) is 1. The van der Waals surface area contributed by atoms with Gasteiger partial charge < -0.3 is 0 Å². The zero-order valence-corrected chi connectivity index (χ0v) is 8.55. The monoisotopic (exact) mass is 203 g/mol. The molecular weight excluding hydrogens is 190 g/mol. The molecule has 4 nitrogen and oxygen atoms in total. The average Bonchev–Trinajstić information content (AvgIpc) is 2.66. The van der Waals surface area contributed by atoms with Crippen LogP contribution in [0.5, 0.6) is 0 Å². The molecule has 1 heterocycles. The minimum absolute atomic E-state index is 0.411. The quantitative estimate of drug-likeness (QED) is 0.770. The fourth-order valence-electron chi connectivity index (χ4n) is 1.44. The van der Waals surface area contributed by atoms with Gasteiger partial charge in [-0.3, -0.25) is 4.84 Å². The van der Waals surface area contributed by atoms with Gasteiger partial charge in [0.2, 0.25) is 0 Å². The van der Waals surface area contributed by atoms with Crippen LogP contribution < -0.4 is 5.90 Å². The molecule has 2 aromatic rings. The number of hydrogen-bond acceptors (Lipinski definition) is 3.